The number of carbonyl (C=O) groups excluding carboxylic acids is 2. The van der Waals surface area contributed by atoms with Crippen LogP contribution in [0.4, 0.5) is 5.69 Å². The molecule has 11 heteroatoms. The number of nitrogens with zero attached hydrogens (tertiary/aromatic N) is 2. The smallest absolute Gasteiger partial charge is 0.264 e. The SMILES string of the molecule is CCCCNC(=O)[C@H](C)N(Cc1cccc(Cl)c1)C(=O)CN(c1cc(Cl)ccc1Cl)S(=O)(=O)c1ccc(C)cc1. The summed E-state index contributed by atoms with van der Waals surface area (Å²) in [6, 6.07) is 16.7. The van der Waals surface area contributed by atoms with Crippen LogP contribution in [0.3, 0.4) is 0 Å². The lowest BCUT2D eigenvalue weighted by Gasteiger charge is -2.32. The molecule has 0 fully saturated rings. The number of nitrogens with one attached hydrogen (secondary N) is 1. The van der Waals surface area contributed by atoms with E-state index in [1.165, 1.54) is 35.2 Å². The molecule has 0 aliphatic heterocycles. The lowest BCUT2D eigenvalue weighted by atomic mass is 10.1. The fourth-order valence-electron chi connectivity index (χ4n) is 3.98. The van der Waals surface area contributed by atoms with Gasteiger partial charge in [-0.25, -0.2) is 8.42 Å². The minimum atomic E-state index is -4.26. The summed E-state index contributed by atoms with van der Waals surface area (Å²) in [5, 5.41) is 3.66. The van der Waals surface area contributed by atoms with E-state index in [1.807, 2.05) is 13.8 Å². The molecule has 2 amide bonds. The number of amides is 2. The number of anilines is 1. The van der Waals surface area contributed by atoms with Crippen LogP contribution in [0.1, 0.15) is 37.8 Å². The molecule has 7 nitrogen and oxygen atoms in total. The Balaban J connectivity index is 2.04. The first-order valence-electron chi connectivity index (χ1n) is 12.8. The van der Waals surface area contributed by atoms with Crippen molar-refractivity contribution < 1.29 is 18.0 Å². The van der Waals surface area contributed by atoms with E-state index in [1.54, 1.807) is 43.3 Å². The molecule has 3 rings (SSSR count). The summed E-state index contributed by atoms with van der Waals surface area (Å²) >= 11 is 18.8. The van der Waals surface area contributed by atoms with Gasteiger partial charge in [0.25, 0.3) is 10.0 Å². The number of aryl methyl sites for hydroxylation is 1. The van der Waals surface area contributed by atoms with E-state index in [2.05, 4.69) is 5.32 Å². The third kappa shape index (κ3) is 8.13. The van der Waals surface area contributed by atoms with Gasteiger partial charge in [0.2, 0.25) is 11.8 Å². The molecule has 3 aromatic carbocycles. The lowest BCUT2D eigenvalue weighted by molar-refractivity contribution is -0.139. The second-order valence-corrected chi connectivity index (χ2v) is 12.5. The third-order valence-corrected chi connectivity index (χ3v) is 8.87. The number of hydrogen-bond donors (Lipinski definition) is 1. The molecular formula is C29H32Cl3N3O4S. The summed E-state index contributed by atoms with van der Waals surface area (Å²) in [7, 11) is -4.26. The minimum Gasteiger partial charge on any atom is -0.354 e. The van der Waals surface area contributed by atoms with Gasteiger partial charge in [-0.2, -0.15) is 0 Å². The summed E-state index contributed by atoms with van der Waals surface area (Å²) in [5.74, 6) is -0.956. The molecule has 0 heterocycles. The zero-order valence-electron chi connectivity index (χ0n) is 22.5. The Morgan fingerprint density at radius 2 is 1.62 bits per heavy atom. The summed E-state index contributed by atoms with van der Waals surface area (Å²) < 4.78 is 28.7. The molecule has 0 spiro atoms. The number of hydrogen-bond acceptors (Lipinski definition) is 4. The first kappa shape index (κ1) is 31.7. The van der Waals surface area contributed by atoms with Crippen molar-refractivity contribution in [1.82, 2.24) is 10.2 Å². The molecule has 1 N–H and O–H groups in total. The van der Waals surface area contributed by atoms with Crippen molar-refractivity contribution in [3.63, 3.8) is 0 Å². The van der Waals surface area contributed by atoms with Crippen molar-refractivity contribution >= 4 is 62.3 Å². The van der Waals surface area contributed by atoms with E-state index in [0.717, 1.165) is 22.7 Å². The molecule has 0 aliphatic rings. The number of halogens is 3. The maximum absolute atomic E-state index is 14.0. The Labute approximate surface area is 251 Å². The van der Waals surface area contributed by atoms with Gasteiger partial charge in [0.1, 0.15) is 12.6 Å². The average molecular weight is 625 g/mol. The molecule has 0 saturated carbocycles. The maximum Gasteiger partial charge on any atom is 0.264 e. The van der Waals surface area contributed by atoms with E-state index in [-0.39, 0.29) is 33.1 Å². The van der Waals surface area contributed by atoms with Crippen molar-refractivity contribution in [3.05, 3.63) is 92.9 Å². The van der Waals surface area contributed by atoms with E-state index < -0.39 is 28.5 Å². The van der Waals surface area contributed by atoms with Crippen molar-refractivity contribution in [3.8, 4) is 0 Å². The highest BCUT2D eigenvalue weighted by molar-refractivity contribution is 7.92. The van der Waals surface area contributed by atoms with Gasteiger partial charge in [-0.15, -0.1) is 0 Å². The molecule has 0 unspecified atom stereocenters. The second-order valence-electron chi connectivity index (χ2n) is 9.39. The Morgan fingerprint density at radius 1 is 0.950 bits per heavy atom. The lowest BCUT2D eigenvalue weighted by Crippen LogP contribution is -2.51. The second kappa shape index (κ2) is 14.2. The van der Waals surface area contributed by atoms with Gasteiger partial charge in [-0.1, -0.05) is 78.0 Å². The van der Waals surface area contributed by atoms with Gasteiger partial charge < -0.3 is 10.2 Å². The molecule has 214 valence electrons. The van der Waals surface area contributed by atoms with E-state index in [4.69, 9.17) is 34.8 Å². The Kier molecular flexibility index (Phi) is 11.3. The highest BCUT2D eigenvalue weighted by Crippen LogP contribution is 2.33. The summed E-state index contributed by atoms with van der Waals surface area (Å²) in [6.07, 6.45) is 1.68. The van der Waals surface area contributed by atoms with E-state index in [9.17, 15) is 18.0 Å². The number of benzene rings is 3. The molecule has 0 bridgehead atoms. The standard InChI is InChI=1S/C29H32Cl3N3O4S/c1-4-5-15-33-29(37)21(3)34(18-22-7-6-8-23(30)16-22)28(36)19-35(27-17-24(31)11-14-26(27)32)40(38,39)25-12-9-20(2)10-13-25/h6-14,16-17,21H,4-5,15,18-19H2,1-3H3,(H,33,37)/t21-/m0/s1. The highest BCUT2D eigenvalue weighted by atomic mass is 35.5. The molecular weight excluding hydrogens is 593 g/mol. The molecule has 3 aromatic rings. The first-order valence-corrected chi connectivity index (χ1v) is 15.4. The van der Waals surface area contributed by atoms with E-state index >= 15 is 0 Å². The predicted molar refractivity (Wildman–Crippen MR) is 162 cm³/mol. The van der Waals surface area contributed by atoms with E-state index in [0.29, 0.717) is 17.1 Å². The van der Waals surface area contributed by atoms with Gasteiger partial charge in [0.15, 0.2) is 0 Å². The number of unbranched alkanes of at least 4 members (excludes halogenated alkanes) is 1. The number of carbonyl (C=O) groups is 2. The van der Waals surface area contributed by atoms with Crippen LogP contribution >= 0.6 is 34.8 Å². The molecule has 0 aliphatic carbocycles. The molecule has 40 heavy (non-hydrogen) atoms. The van der Waals surface area contributed by atoms with Crippen LogP contribution in [0, 0.1) is 6.92 Å². The van der Waals surface area contributed by atoms with Gasteiger partial charge in [-0.05, 0) is 68.3 Å². The molecule has 1 atom stereocenters. The van der Waals surface area contributed by atoms with Crippen LogP contribution in [0.2, 0.25) is 15.1 Å². The predicted octanol–water partition coefficient (Wildman–Crippen LogP) is 6.48. The zero-order valence-corrected chi connectivity index (χ0v) is 25.6. The van der Waals surface area contributed by atoms with Crippen molar-refractivity contribution in [2.45, 2.75) is 51.1 Å². The Bertz CT molecular complexity index is 1450. The van der Waals surface area contributed by atoms with Crippen molar-refractivity contribution in [2.24, 2.45) is 0 Å². The minimum absolute atomic E-state index is 0.0197. The topological polar surface area (TPSA) is 86.8 Å². The molecule has 0 radical (unpaired) electrons. The van der Waals surface area contributed by atoms with Crippen molar-refractivity contribution in [1.29, 1.82) is 0 Å². The van der Waals surface area contributed by atoms with Crippen molar-refractivity contribution in [2.75, 3.05) is 17.4 Å². The Morgan fingerprint density at radius 3 is 2.27 bits per heavy atom. The normalized spacial score (nSPS) is 12.1. The van der Waals surface area contributed by atoms with Crippen LogP contribution < -0.4 is 9.62 Å². The van der Waals surface area contributed by atoms with Crippen LogP contribution in [0.5, 0.6) is 0 Å². The first-order chi connectivity index (χ1) is 18.9. The Hall–Kier alpha value is -2.78. The number of sulfonamides is 1. The third-order valence-electron chi connectivity index (χ3n) is 6.30. The zero-order chi connectivity index (χ0) is 29.4. The van der Waals surface area contributed by atoms with Crippen LogP contribution in [-0.2, 0) is 26.2 Å². The fraction of sp³-hybridized carbons (Fsp3) is 0.310. The van der Waals surface area contributed by atoms with Gasteiger partial charge >= 0.3 is 0 Å². The summed E-state index contributed by atoms with van der Waals surface area (Å²) in [6.45, 7) is 5.33. The fourth-order valence-corrected chi connectivity index (χ4v) is 6.05. The highest BCUT2D eigenvalue weighted by Gasteiger charge is 2.33. The van der Waals surface area contributed by atoms with Gasteiger partial charge in [-0.3, -0.25) is 13.9 Å². The monoisotopic (exact) mass is 623 g/mol. The summed E-state index contributed by atoms with van der Waals surface area (Å²) in [4.78, 5) is 28.3. The quantitative estimate of drug-likeness (QED) is 0.234. The largest absolute Gasteiger partial charge is 0.354 e. The average Bonchev–Trinajstić information content (AvgIpc) is 2.91. The van der Waals surface area contributed by atoms with Crippen LogP contribution in [-0.4, -0.2) is 44.3 Å². The summed E-state index contributed by atoms with van der Waals surface area (Å²) in [5.41, 5.74) is 1.60. The molecule has 0 saturated heterocycles. The number of rotatable bonds is 12. The molecule has 0 aromatic heterocycles. The van der Waals surface area contributed by atoms with Crippen LogP contribution in [0.25, 0.3) is 0 Å². The van der Waals surface area contributed by atoms with Crippen LogP contribution in [0.15, 0.2) is 71.6 Å². The maximum atomic E-state index is 14.0. The van der Waals surface area contributed by atoms with Gasteiger partial charge in [0.05, 0.1) is 15.6 Å². The van der Waals surface area contributed by atoms with Gasteiger partial charge in [0, 0.05) is 23.1 Å².